The van der Waals surface area contributed by atoms with Crippen molar-refractivity contribution < 1.29 is 9.50 Å². The lowest BCUT2D eigenvalue weighted by molar-refractivity contribution is 0.247. The van der Waals surface area contributed by atoms with E-state index in [1.807, 2.05) is 42.8 Å². The molecule has 3 N–H and O–H groups in total. The predicted octanol–water partition coefficient (Wildman–Crippen LogP) is 3.08. The van der Waals surface area contributed by atoms with Crippen LogP contribution < -0.4 is 11.4 Å². The highest BCUT2D eigenvalue weighted by atomic mass is 19.1. The summed E-state index contributed by atoms with van der Waals surface area (Å²) in [5.74, 6) is 5.34. The third-order valence-corrected chi connectivity index (χ3v) is 5.58. The Bertz CT molecular complexity index is 1370. The number of imidazole rings is 1. The summed E-state index contributed by atoms with van der Waals surface area (Å²) >= 11 is 0. The van der Waals surface area contributed by atoms with Gasteiger partial charge in [-0.1, -0.05) is 18.2 Å². The average molecular weight is 445 g/mol. The van der Waals surface area contributed by atoms with Crippen molar-refractivity contribution >= 4 is 5.71 Å². The van der Waals surface area contributed by atoms with E-state index in [0.717, 1.165) is 16.9 Å². The van der Waals surface area contributed by atoms with Crippen LogP contribution in [0.25, 0.3) is 5.69 Å². The van der Waals surface area contributed by atoms with Crippen molar-refractivity contribution in [2.24, 2.45) is 10.9 Å². The Labute approximate surface area is 190 Å². The molecule has 2 heterocycles. The van der Waals surface area contributed by atoms with Gasteiger partial charge in [-0.3, -0.25) is 4.79 Å². The van der Waals surface area contributed by atoms with Crippen LogP contribution in [0.5, 0.6) is 0 Å². The van der Waals surface area contributed by atoms with Crippen LogP contribution in [0.3, 0.4) is 0 Å². The number of halogens is 1. The van der Waals surface area contributed by atoms with E-state index in [2.05, 4.69) is 10.1 Å². The second-order valence-corrected chi connectivity index (χ2v) is 7.79. The topological polar surface area (TPSA) is 98.4 Å². The summed E-state index contributed by atoms with van der Waals surface area (Å²) < 4.78 is 16.7. The first-order valence-electron chi connectivity index (χ1n) is 10.4. The fourth-order valence-corrected chi connectivity index (χ4v) is 3.92. The molecule has 7 nitrogen and oxygen atoms in total. The van der Waals surface area contributed by atoms with Crippen LogP contribution in [-0.2, 0) is 0 Å². The SMILES string of the molecule is Cc1cn(-c2ccc(/C(=N\N)c3cccn(C(CO)c4ccc(F)cc4)c3=O)cc2C)cn1. The molecule has 0 fully saturated rings. The van der Waals surface area contributed by atoms with Crippen molar-refractivity contribution in [3.05, 3.63) is 117 Å². The predicted molar refractivity (Wildman–Crippen MR) is 125 cm³/mol. The normalized spacial score (nSPS) is 12.7. The molecule has 1 atom stereocenters. The summed E-state index contributed by atoms with van der Waals surface area (Å²) in [6.07, 6.45) is 5.26. The third-order valence-electron chi connectivity index (χ3n) is 5.58. The lowest BCUT2D eigenvalue weighted by Crippen LogP contribution is -2.32. The fourth-order valence-electron chi connectivity index (χ4n) is 3.92. The Morgan fingerprint density at radius 1 is 1.18 bits per heavy atom. The Morgan fingerprint density at radius 2 is 1.94 bits per heavy atom. The number of aliphatic hydroxyl groups is 1. The quantitative estimate of drug-likeness (QED) is 0.271. The number of hydrazone groups is 1. The lowest BCUT2D eigenvalue weighted by atomic mass is 10.00. The molecule has 0 saturated heterocycles. The van der Waals surface area contributed by atoms with E-state index >= 15 is 0 Å². The highest BCUT2D eigenvalue weighted by Gasteiger charge is 2.19. The van der Waals surface area contributed by atoms with Crippen LogP contribution in [0.2, 0.25) is 0 Å². The largest absolute Gasteiger partial charge is 0.394 e. The molecule has 168 valence electrons. The number of benzene rings is 2. The number of hydrogen-bond acceptors (Lipinski definition) is 5. The molecular weight excluding hydrogens is 421 g/mol. The van der Waals surface area contributed by atoms with Gasteiger partial charge in [0.2, 0.25) is 0 Å². The van der Waals surface area contributed by atoms with Gasteiger partial charge in [-0.05, 0) is 61.4 Å². The molecule has 4 rings (SSSR count). The van der Waals surface area contributed by atoms with Crippen LogP contribution in [0.1, 0.15) is 34.0 Å². The highest BCUT2D eigenvalue weighted by Crippen LogP contribution is 2.20. The van der Waals surface area contributed by atoms with Gasteiger partial charge in [-0.2, -0.15) is 5.10 Å². The molecule has 2 aromatic carbocycles. The molecule has 0 aliphatic carbocycles. The van der Waals surface area contributed by atoms with E-state index in [1.54, 1.807) is 36.8 Å². The summed E-state index contributed by atoms with van der Waals surface area (Å²) in [7, 11) is 0. The Balaban J connectivity index is 1.75. The summed E-state index contributed by atoms with van der Waals surface area (Å²) in [6, 6.07) is 14.0. The van der Waals surface area contributed by atoms with Crippen LogP contribution in [-0.4, -0.2) is 31.5 Å². The fraction of sp³-hybridized carbons (Fsp3) is 0.160. The van der Waals surface area contributed by atoms with Gasteiger partial charge in [0, 0.05) is 23.6 Å². The number of pyridine rings is 1. The van der Waals surface area contributed by atoms with E-state index in [0.29, 0.717) is 22.4 Å². The minimum Gasteiger partial charge on any atom is -0.394 e. The van der Waals surface area contributed by atoms with Gasteiger partial charge in [0.05, 0.1) is 30.2 Å². The van der Waals surface area contributed by atoms with Crippen LogP contribution in [0.15, 0.2) is 83.2 Å². The van der Waals surface area contributed by atoms with E-state index in [4.69, 9.17) is 5.84 Å². The maximum absolute atomic E-state index is 13.4. The lowest BCUT2D eigenvalue weighted by Gasteiger charge is -2.19. The Morgan fingerprint density at radius 3 is 2.55 bits per heavy atom. The monoisotopic (exact) mass is 445 g/mol. The van der Waals surface area contributed by atoms with Gasteiger partial charge >= 0.3 is 0 Å². The molecule has 1 unspecified atom stereocenters. The van der Waals surface area contributed by atoms with E-state index in [9.17, 15) is 14.3 Å². The summed E-state index contributed by atoms with van der Waals surface area (Å²) in [6.45, 7) is 3.55. The van der Waals surface area contributed by atoms with Crippen molar-refractivity contribution in [3.63, 3.8) is 0 Å². The van der Waals surface area contributed by atoms with Gasteiger partial charge in [-0.25, -0.2) is 9.37 Å². The van der Waals surface area contributed by atoms with Crippen molar-refractivity contribution in [3.8, 4) is 5.69 Å². The second-order valence-electron chi connectivity index (χ2n) is 7.79. The molecule has 0 aliphatic rings. The van der Waals surface area contributed by atoms with Gasteiger partial charge in [0.25, 0.3) is 5.56 Å². The summed E-state index contributed by atoms with van der Waals surface area (Å²) in [4.78, 5) is 17.7. The standard InChI is InChI=1S/C25H24FN5O2/c1-16-12-19(7-10-22(16)30-13-17(2)28-15-30)24(29-27)21-4-3-11-31(25(21)33)23(14-32)18-5-8-20(26)9-6-18/h3-13,15,23,32H,14,27H2,1-2H3/b29-24+. The van der Waals surface area contributed by atoms with E-state index < -0.39 is 11.9 Å². The van der Waals surface area contributed by atoms with E-state index in [1.165, 1.54) is 16.7 Å². The minimum atomic E-state index is -0.675. The number of nitrogens with two attached hydrogens (primary N) is 1. The number of rotatable bonds is 6. The zero-order chi connectivity index (χ0) is 23.5. The smallest absolute Gasteiger partial charge is 0.260 e. The van der Waals surface area contributed by atoms with Crippen molar-refractivity contribution in [2.75, 3.05) is 6.61 Å². The molecule has 8 heteroatoms. The van der Waals surface area contributed by atoms with E-state index in [-0.39, 0.29) is 12.2 Å². The molecule has 0 spiro atoms. The van der Waals surface area contributed by atoms with Crippen LogP contribution >= 0.6 is 0 Å². The minimum absolute atomic E-state index is 0.297. The molecule has 0 amide bonds. The van der Waals surface area contributed by atoms with Crippen LogP contribution in [0, 0.1) is 19.7 Å². The summed E-state index contributed by atoms with van der Waals surface area (Å²) in [5, 5.41) is 13.9. The first-order chi connectivity index (χ1) is 15.9. The number of hydrogen-bond donors (Lipinski definition) is 2. The Kier molecular flexibility index (Phi) is 6.19. The second kappa shape index (κ2) is 9.22. The molecule has 0 aliphatic heterocycles. The summed E-state index contributed by atoms with van der Waals surface area (Å²) in [5.41, 5.74) is 4.39. The first-order valence-corrected chi connectivity index (χ1v) is 10.4. The number of aromatic nitrogens is 3. The number of aryl methyl sites for hydroxylation is 2. The molecule has 0 bridgehead atoms. The maximum atomic E-state index is 13.4. The molecule has 4 aromatic rings. The maximum Gasteiger partial charge on any atom is 0.260 e. The van der Waals surface area contributed by atoms with Gasteiger partial charge in [0.15, 0.2) is 0 Å². The molecular formula is C25H24FN5O2. The van der Waals surface area contributed by atoms with Crippen LogP contribution in [0.4, 0.5) is 4.39 Å². The zero-order valence-electron chi connectivity index (χ0n) is 18.3. The number of aliphatic hydroxyl groups excluding tert-OH is 1. The van der Waals surface area contributed by atoms with Gasteiger partial charge in [-0.15, -0.1) is 0 Å². The zero-order valence-corrected chi connectivity index (χ0v) is 18.3. The number of nitrogens with zero attached hydrogens (tertiary/aromatic N) is 4. The van der Waals surface area contributed by atoms with Crippen molar-refractivity contribution in [1.29, 1.82) is 0 Å². The highest BCUT2D eigenvalue weighted by molar-refractivity contribution is 6.12. The first kappa shape index (κ1) is 22.2. The van der Waals surface area contributed by atoms with Gasteiger partial charge < -0.3 is 20.1 Å². The Hall–Kier alpha value is -4.04. The van der Waals surface area contributed by atoms with Crippen molar-refractivity contribution in [2.45, 2.75) is 19.9 Å². The molecule has 33 heavy (non-hydrogen) atoms. The average Bonchev–Trinajstić information content (AvgIpc) is 3.24. The van der Waals surface area contributed by atoms with Gasteiger partial charge in [0.1, 0.15) is 11.5 Å². The molecule has 0 radical (unpaired) electrons. The molecule has 2 aromatic heterocycles. The third kappa shape index (κ3) is 4.33. The molecule has 0 saturated carbocycles. The van der Waals surface area contributed by atoms with Crippen molar-refractivity contribution in [1.82, 2.24) is 14.1 Å².